The van der Waals surface area contributed by atoms with Gasteiger partial charge in [0, 0.05) is 23.5 Å². The van der Waals surface area contributed by atoms with Gasteiger partial charge in [0.25, 0.3) is 5.91 Å². The maximum absolute atomic E-state index is 12.5. The molecule has 0 aliphatic heterocycles. The van der Waals surface area contributed by atoms with Crippen molar-refractivity contribution in [1.82, 2.24) is 5.32 Å². The maximum Gasteiger partial charge on any atom is 0.265 e. The molecule has 0 spiro atoms. The summed E-state index contributed by atoms with van der Waals surface area (Å²) in [6.07, 6.45) is 0. The first-order valence-corrected chi connectivity index (χ1v) is 10.4. The predicted octanol–water partition coefficient (Wildman–Crippen LogP) is 5.46. The number of hydrogen-bond donors (Lipinski definition) is 3. The molecule has 7 heteroatoms. The third-order valence-corrected chi connectivity index (χ3v) is 5.69. The lowest BCUT2D eigenvalue weighted by Gasteiger charge is -2.17. The Morgan fingerprint density at radius 2 is 1.83 bits per heavy atom. The lowest BCUT2D eigenvalue weighted by atomic mass is 10.1. The van der Waals surface area contributed by atoms with E-state index < -0.39 is 0 Å². The van der Waals surface area contributed by atoms with Gasteiger partial charge in [-0.15, -0.1) is 11.3 Å². The molecule has 3 aromatic rings. The van der Waals surface area contributed by atoms with Crippen LogP contribution in [0.5, 0.6) is 0 Å². The average molecular weight is 428 g/mol. The number of anilines is 2. The van der Waals surface area contributed by atoms with Crippen molar-refractivity contribution in [2.45, 2.75) is 26.4 Å². The molecule has 0 saturated heterocycles. The van der Waals surface area contributed by atoms with Gasteiger partial charge < -0.3 is 16.0 Å². The zero-order valence-corrected chi connectivity index (χ0v) is 17.7. The topological polar surface area (TPSA) is 70.2 Å². The van der Waals surface area contributed by atoms with E-state index in [1.807, 2.05) is 36.4 Å². The van der Waals surface area contributed by atoms with E-state index in [0.717, 1.165) is 16.1 Å². The summed E-state index contributed by atoms with van der Waals surface area (Å²) < 4.78 is 0. The normalized spacial score (nSPS) is 11.6. The summed E-state index contributed by atoms with van der Waals surface area (Å²) >= 11 is 7.76. The quantitative estimate of drug-likeness (QED) is 0.468. The summed E-state index contributed by atoms with van der Waals surface area (Å²) in [4.78, 5) is 25.0. The fourth-order valence-corrected chi connectivity index (χ4v) is 3.85. The molecular weight excluding hydrogens is 406 g/mol. The highest BCUT2D eigenvalue weighted by molar-refractivity contribution is 7.14. The largest absolute Gasteiger partial charge is 0.377 e. The summed E-state index contributed by atoms with van der Waals surface area (Å²) in [6.45, 7) is 3.94. The second kappa shape index (κ2) is 9.58. The molecule has 2 aromatic carbocycles. The molecule has 150 valence electrons. The molecule has 2 amide bonds. The van der Waals surface area contributed by atoms with Gasteiger partial charge in [0.1, 0.15) is 0 Å². The van der Waals surface area contributed by atoms with Crippen molar-refractivity contribution in [2.24, 2.45) is 0 Å². The van der Waals surface area contributed by atoms with Gasteiger partial charge in [-0.1, -0.05) is 41.9 Å². The van der Waals surface area contributed by atoms with E-state index in [0.29, 0.717) is 22.1 Å². The van der Waals surface area contributed by atoms with Crippen LogP contribution in [0.4, 0.5) is 11.4 Å². The number of amides is 2. The van der Waals surface area contributed by atoms with Gasteiger partial charge in [0.05, 0.1) is 22.1 Å². The zero-order chi connectivity index (χ0) is 20.8. The van der Waals surface area contributed by atoms with Crippen LogP contribution < -0.4 is 16.0 Å². The van der Waals surface area contributed by atoms with E-state index in [-0.39, 0.29) is 17.9 Å². The Morgan fingerprint density at radius 1 is 1.07 bits per heavy atom. The van der Waals surface area contributed by atoms with Crippen molar-refractivity contribution in [1.29, 1.82) is 0 Å². The Hall–Kier alpha value is -2.83. The Morgan fingerprint density at radius 3 is 2.52 bits per heavy atom. The molecule has 0 fully saturated rings. The molecule has 1 unspecified atom stereocenters. The Balaban J connectivity index is 1.62. The van der Waals surface area contributed by atoms with Crippen LogP contribution in [0.3, 0.4) is 0 Å². The number of hydrogen-bond acceptors (Lipinski definition) is 4. The number of rotatable bonds is 7. The highest BCUT2D eigenvalue weighted by atomic mass is 35.5. The van der Waals surface area contributed by atoms with E-state index in [1.54, 1.807) is 12.1 Å². The molecule has 0 saturated carbocycles. The summed E-state index contributed by atoms with van der Waals surface area (Å²) in [5.74, 6) is -0.312. The molecule has 3 rings (SSSR count). The first-order chi connectivity index (χ1) is 13.9. The Kier molecular flexibility index (Phi) is 6.90. The molecule has 1 atom stereocenters. The minimum absolute atomic E-state index is 0.0993. The van der Waals surface area contributed by atoms with Crippen molar-refractivity contribution in [3.63, 3.8) is 0 Å². The molecule has 0 radical (unpaired) electrons. The maximum atomic E-state index is 12.5. The highest BCUT2D eigenvalue weighted by Gasteiger charge is 2.12. The van der Waals surface area contributed by atoms with Gasteiger partial charge in [-0.05, 0) is 42.8 Å². The van der Waals surface area contributed by atoms with E-state index in [4.69, 9.17) is 11.6 Å². The SMILES string of the molecule is CC(=O)NCc1ccc(C(=O)Nc2ccc(NC(C)c3ccccc3)c(Cl)c2)s1. The van der Waals surface area contributed by atoms with Crippen molar-refractivity contribution in [3.05, 3.63) is 81.0 Å². The van der Waals surface area contributed by atoms with E-state index in [1.165, 1.54) is 18.3 Å². The molecule has 29 heavy (non-hydrogen) atoms. The lowest BCUT2D eigenvalue weighted by molar-refractivity contribution is -0.119. The van der Waals surface area contributed by atoms with Crippen molar-refractivity contribution >= 4 is 46.1 Å². The van der Waals surface area contributed by atoms with Crippen molar-refractivity contribution in [3.8, 4) is 0 Å². The number of carbonyl (C=O) groups excluding carboxylic acids is 2. The minimum atomic E-state index is -0.210. The lowest BCUT2D eigenvalue weighted by Crippen LogP contribution is -2.18. The summed E-state index contributed by atoms with van der Waals surface area (Å²) in [5.41, 5.74) is 2.58. The van der Waals surface area contributed by atoms with Gasteiger partial charge in [-0.2, -0.15) is 0 Å². The van der Waals surface area contributed by atoms with Gasteiger partial charge in [-0.3, -0.25) is 9.59 Å². The van der Waals surface area contributed by atoms with Gasteiger partial charge in [-0.25, -0.2) is 0 Å². The summed E-state index contributed by atoms with van der Waals surface area (Å²) in [5, 5.41) is 9.50. The monoisotopic (exact) mass is 427 g/mol. The number of nitrogens with one attached hydrogen (secondary N) is 3. The zero-order valence-electron chi connectivity index (χ0n) is 16.2. The highest BCUT2D eigenvalue weighted by Crippen LogP contribution is 2.29. The van der Waals surface area contributed by atoms with Crippen LogP contribution in [0.25, 0.3) is 0 Å². The van der Waals surface area contributed by atoms with Gasteiger partial charge in [0.15, 0.2) is 0 Å². The van der Waals surface area contributed by atoms with E-state index in [2.05, 4.69) is 35.0 Å². The van der Waals surface area contributed by atoms with Crippen LogP contribution >= 0.6 is 22.9 Å². The second-order valence-electron chi connectivity index (χ2n) is 6.60. The first kappa shape index (κ1) is 20.9. The molecule has 3 N–H and O–H groups in total. The van der Waals surface area contributed by atoms with Crippen LogP contribution in [-0.2, 0) is 11.3 Å². The van der Waals surface area contributed by atoms with Crippen LogP contribution in [0, 0.1) is 0 Å². The Bertz CT molecular complexity index is 1000. The van der Waals surface area contributed by atoms with Crippen molar-refractivity contribution < 1.29 is 9.59 Å². The van der Waals surface area contributed by atoms with E-state index in [9.17, 15) is 9.59 Å². The average Bonchev–Trinajstić information content (AvgIpc) is 3.18. The number of benzene rings is 2. The molecule has 0 bridgehead atoms. The van der Waals surface area contributed by atoms with Gasteiger partial charge >= 0.3 is 0 Å². The minimum Gasteiger partial charge on any atom is -0.377 e. The molecule has 0 aliphatic carbocycles. The molecule has 1 aromatic heterocycles. The fourth-order valence-electron chi connectivity index (χ4n) is 2.77. The molecule has 1 heterocycles. The van der Waals surface area contributed by atoms with Crippen LogP contribution in [0.2, 0.25) is 5.02 Å². The predicted molar refractivity (Wildman–Crippen MR) is 120 cm³/mol. The standard InChI is InChI=1S/C22H22ClN3O2S/c1-14(16-6-4-3-5-7-16)25-20-10-8-17(12-19(20)23)26-22(28)21-11-9-18(29-21)13-24-15(2)27/h3-12,14,25H,13H2,1-2H3,(H,24,27)(H,26,28). The third-order valence-electron chi connectivity index (χ3n) is 4.30. The smallest absolute Gasteiger partial charge is 0.265 e. The summed E-state index contributed by atoms with van der Waals surface area (Å²) in [7, 11) is 0. The number of thiophene rings is 1. The molecular formula is C22H22ClN3O2S. The van der Waals surface area contributed by atoms with Crippen molar-refractivity contribution in [2.75, 3.05) is 10.6 Å². The van der Waals surface area contributed by atoms with Gasteiger partial charge in [0.2, 0.25) is 5.91 Å². The third kappa shape index (κ3) is 5.82. The van der Waals surface area contributed by atoms with Crippen LogP contribution in [0.1, 0.15) is 40.0 Å². The van der Waals surface area contributed by atoms with E-state index >= 15 is 0 Å². The van der Waals surface area contributed by atoms with Crippen LogP contribution in [-0.4, -0.2) is 11.8 Å². The number of halogens is 1. The number of carbonyl (C=O) groups is 2. The first-order valence-electron chi connectivity index (χ1n) is 9.18. The fraction of sp³-hybridized carbons (Fsp3) is 0.182. The van der Waals surface area contributed by atoms with Crippen LogP contribution in [0.15, 0.2) is 60.7 Å². The Labute approximate surface area is 179 Å². The molecule has 0 aliphatic rings. The second-order valence-corrected chi connectivity index (χ2v) is 8.18. The summed E-state index contributed by atoms with van der Waals surface area (Å²) in [6, 6.07) is 19.2. The molecule has 5 nitrogen and oxygen atoms in total.